The van der Waals surface area contributed by atoms with Crippen molar-refractivity contribution in [3.8, 4) is 6.07 Å². The molecule has 0 spiro atoms. The van der Waals surface area contributed by atoms with Crippen LogP contribution in [-0.4, -0.2) is 15.0 Å². The van der Waals surface area contributed by atoms with Crippen LogP contribution in [0.4, 0.5) is 0 Å². The summed E-state index contributed by atoms with van der Waals surface area (Å²) in [6, 6.07) is 8.44. The molecule has 1 N–H and O–H groups in total. The largest absolute Gasteiger partial charge is 0.287 e. The summed E-state index contributed by atoms with van der Waals surface area (Å²) in [7, 11) is -3.54. The Hall–Kier alpha value is -1.42. The molecule has 0 aliphatic heterocycles. The number of hydrogen-bond donors (Lipinski definition) is 1. The van der Waals surface area contributed by atoms with Gasteiger partial charge in [-0.1, -0.05) is 30.9 Å². The number of hydrogen-bond acceptors (Lipinski definition) is 4. The minimum Gasteiger partial charge on any atom is -0.287 e. The van der Waals surface area contributed by atoms with Crippen LogP contribution in [0, 0.1) is 17.2 Å². The molecule has 0 fully saturated rings. The number of nitrogens with zero attached hydrogens (tertiary/aromatic N) is 1. The minimum atomic E-state index is -3.54. The molecule has 0 amide bonds. The van der Waals surface area contributed by atoms with Crippen LogP contribution in [0.1, 0.15) is 25.0 Å². The van der Waals surface area contributed by atoms with Gasteiger partial charge < -0.3 is 0 Å². The molecule has 0 saturated heterocycles. The van der Waals surface area contributed by atoms with Gasteiger partial charge in [-0.25, -0.2) is 8.42 Å². The fourth-order valence-electron chi connectivity index (χ4n) is 1.27. The molecule has 98 valence electrons. The Morgan fingerprint density at radius 2 is 2.17 bits per heavy atom. The minimum absolute atomic E-state index is 0.208. The third-order valence-corrected chi connectivity index (χ3v) is 3.10. The van der Waals surface area contributed by atoms with Gasteiger partial charge in [-0.05, 0) is 23.6 Å². The van der Waals surface area contributed by atoms with Crippen molar-refractivity contribution in [2.24, 2.45) is 5.92 Å². The summed E-state index contributed by atoms with van der Waals surface area (Å²) in [5, 5.41) is 8.72. The molecule has 5 nitrogen and oxygen atoms in total. The fraction of sp³-hybridized carbons (Fsp3) is 0.417. The first-order valence-electron chi connectivity index (χ1n) is 5.53. The zero-order chi connectivity index (χ0) is 13.6. The summed E-state index contributed by atoms with van der Waals surface area (Å²) in [4.78, 5) is 6.95. The van der Waals surface area contributed by atoms with Crippen molar-refractivity contribution in [3.05, 3.63) is 35.4 Å². The maximum atomic E-state index is 11.7. The number of nitrogens with one attached hydrogen (secondary N) is 1. The molecule has 0 radical (unpaired) electrons. The molecule has 0 aliphatic carbocycles. The van der Waals surface area contributed by atoms with E-state index in [1.54, 1.807) is 24.3 Å². The zero-order valence-electron chi connectivity index (χ0n) is 10.4. The van der Waals surface area contributed by atoms with Crippen molar-refractivity contribution in [1.82, 2.24) is 4.89 Å². The number of rotatable bonds is 6. The average Bonchev–Trinajstić information content (AvgIpc) is 2.27. The van der Waals surface area contributed by atoms with Crippen LogP contribution in [-0.2, 0) is 20.6 Å². The van der Waals surface area contributed by atoms with Gasteiger partial charge in [-0.15, -0.1) is 0 Å². The third kappa shape index (κ3) is 5.27. The monoisotopic (exact) mass is 268 g/mol. The second-order valence-electron chi connectivity index (χ2n) is 4.36. The van der Waals surface area contributed by atoms with Gasteiger partial charge in [0, 0.05) is 0 Å². The van der Waals surface area contributed by atoms with Crippen molar-refractivity contribution < 1.29 is 13.3 Å². The van der Waals surface area contributed by atoms with E-state index in [1.165, 1.54) is 0 Å². The first kappa shape index (κ1) is 14.6. The smallest absolute Gasteiger partial charge is 0.237 e. The second-order valence-corrected chi connectivity index (χ2v) is 6.04. The molecular formula is C12H16N2O3S. The Bertz CT molecular complexity index is 532. The maximum Gasteiger partial charge on any atom is 0.237 e. The predicted molar refractivity (Wildman–Crippen MR) is 67.7 cm³/mol. The molecule has 0 heterocycles. The summed E-state index contributed by atoms with van der Waals surface area (Å²) < 4.78 is 23.3. The molecule has 1 aromatic carbocycles. The zero-order valence-corrected chi connectivity index (χ0v) is 11.2. The summed E-state index contributed by atoms with van der Waals surface area (Å²) in [6.45, 7) is 4.16. The first-order chi connectivity index (χ1) is 8.43. The summed E-state index contributed by atoms with van der Waals surface area (Å²) >= 11 is 0. The molecule has 6 heteroatoms. The molecule has 18 heavy (non-hydrogen) atoms. The molecule has 0 unspecified atom stereocenters. The highest BCUT2D eigenvalue weighted by atomic mass is 32.2. The van der Waals surface area contributed by atoms with Crippen molar-refractivity contribution >= 4 is 10.0 Å². The van der Waals surface area contributed by atoms with Gasteiger partial charge in [-0.2, -0.15) is 5.26 Å². The Balaban J connectivity index is 2.62. The first-order valence-corrected chi connectivity index (χ1v) is 7.18. The van der Waals surface area contributed by atoms with Gasteiger partial charge in [0.25, 0.3) is 0 Å². The quantitative estimate of drug-likeness (QED) is 0.794. The molecule has 1 rings (SSSR count). The molecular weight excluding hydrogens is 252 g/mol. The van der Waals surface area contributed by atoms with Gasteiger partial charge >= 0.3 is 0 Å². The highest BCUT2D eigenvalue weighted by Crippen LogP contribution is 2.08. The van der Waals surface area contributed by atoms with Gasteiger partial charge in [-0.3, -0.25) is 4.84 Å². The van der Waals surface area contributed by atoms with E-state index in [0.29, 0.717) is 17.7 Å². The standard InChI is InChI=1S/C12H16N2O3S/c1-10(2)8-17-14-18(15,16)9-12-5-3-4-11(6-12)7-13/h3-6,10,14H,8-9H2,1-2H3. The third-order valence-electron chi connectivity index (χ3n) is 2.02. The van der Waals surface area contributed by atoms with Crippen molar-refractivity contribution in [3.63, 3.8) is 0 Å². The van der Waals surface area contributed by atoms with E-state index in [9.17, 15) is 8.42 Å². The lowest BCUT2D eigenvalue weighted by Gasteiger charge is -2.08. The van der Waals surface area contributed by atoms with Crippen LogP contribution < -0.4 is 4.89 Å². The van der Waals surface area contributed by atoms with Gasteiger partial charge in [0.1, 0.15) is 0 Å². The second kappa shape index (κ2) is 6.50. The average molecular weight is 268 g/mol. The highest BCUT2D eigenvalue weighted by Gasteiger charge is 2.12. The van der Waals surface area contributed by atoms with E-state index in [1.807, 2.05) is 19.9 Å². The Morgan fingerprint density at radius 1 is 1.44 bits per heavy atom. The molecule has 0 atom stereocenters. The normalized spacial score (nSPS) is 11.4. The lowest BCUT2D eigenvalue weighted by Crippen LogP contribution is -2.27. The fourth-order valence-corrected chi connectivity index (χ4v) is 2.19. The van der Waals surface area contributed by atoms with Crippen molar-refractivity contribution in [2.45, 2.75) is 19.6 Å². The topological polar surface area (TPSA) is 79.2 Å². The van der Waals surface area contributed by atoms with E-state index in [4.69, 9.17) is 10.1 Å². The van der Waals surface area contributed by atoms with Gasteiger partial charge in [0.05, 0.1) is 24.0 Å². The number of nitriles is 1. The Kier molecular flexibility index (Phi) is 5.28. The number of sulfonamides is 1. The van der Waals surface area contributed by atoms with Gasteiger partial charge in [0.2, 0.25) is 10.0 Å². The van der Waals surface area contributed by atoms with E-state index in [-0.39, 0.29) is 11.7 Å². The highest BCUT2D eigenvalue weighted by molar-refractivity contribution is 7.88. The Labute approximate surface area is 107 Å². The van der Waals surface area contributed by atoms with Gasteiger partial charge in [0.15, 0.2) is 0 Å². The Morgan fingerprint density at radius 3 is 2.78 bits per heavy atom. The number of benzene rings is 1. The van der Waals surface area contributed by atoms with Crippen LogP contribution in [0.15, 0.2) is 24.3 Å². The van der Waals surface area contributed by atoms with Crippen LogP contribution in [0.3, 0.4) is 0 Å². The maximum absolute atomic E-state index is 11.7. The molecule has 1 aromatic rings. The lowest BCUT2D eigenvalue weighted by atomic mass is 10.2. The SMILES string of the molecule is CC(C)CONS(=O)(=O)Cc1cccc(C#N)c1. The predicted octanol–water partition coefficient (Wildman–Crippen LogP) is 1.57. The van der Waals surface area contributed by atoms with Crippen molar-refractivity contribution in [2.75, 3.05) is 6.61 Å². The van der Waals surface area contributed by atoms with Crippen LogP contribution in [0.25, 0.3) is 0 Å². The van der Waals surface area contributed by atoms with E-state index < -0.39 is 10.0 Å². The summed E-state index contributed by atoms with van der Waals surface area (Å²) in [5.74, 6) is 0.0373. The van der Waals surface area contributed by atoms with Crippen molar-refractivity contribution in [1.29, 1.82) is 5.26 Å². The molecule has 0 aromatic heterocycles. The van der Waals surface area contributed by atoms with Crippen LogP contribution >= 0.6 is 0 Å². The summed E-state index contributed by atoms with van der Waals surface area (Å²) in [5.41, 5.74) is 0.987. The lowest BCUT2D eigenvalue weighted by molar-refractivity contribution is 0.0718. The molecule has 0 aliphatic rings. The van der Waals surface area contributed by atoms with E-state index in [2.05, 4.69) is 4.89 Å². The summed E-state index contributed by atoms with van der Waals surface area (Å²) in [6.07, 6.45) is 0. The van der Waals surface area contributed by atoms with E-state index in [0.717, 1.165) is 0 Å². The molecule has 0 bridgehead atoms. The van der Waals surface area contributed by atoms with E-state index >= 15 is 0 Å². The molecule has 0 saturated carbocycles. The van der Waals surface area contributed by atoms with Crippen LogP contribution in [0.2, 0.25) is 0 Å². The van der Waals surface area contributed by atoms with Crippen LogP contribution in [0.5, 0.6) is 0 Å².